The molecule has 0 saturated carbocycles. The number of carboxylic acids is 1. The van der Waals surface area contributed by atoms with Gasteiger partial charge >= 0.3 is 5.97 Å². The number of rotatable bonds is 3. The van der Waals surface area contributed by atoms with Gasteiger partial charge in [-0.05, 0) is 12.8 Å². The molecule has 0 saturated heterocycles. The van der Waals surface area contributed by atoms with Crippen LogP contribution in [0.5, 0.6) is 0 Å². The number of nitrogens with zero attached hydrogens (tertiary/aromatic N) is 1. The standard InChI is InChI=1S/C9H9NO3/c1-3-5-8(11)10(6-4-2)7-9(12)13/h2H,6-7H2,1H3,(H,12,13). The van der Waals surface area contributed by atoms with Crippen molar-refractivity contribution in [1.82, 2.24) is 4.90 Å². The number of carboxylic acid groups (broad SMARTS) is 1. The van der Waals surface area contributed by atoms with E-state index in [9.17, 15) is 9.59 Å². The third kappa shape index (κ3) is 4.49. The van der Waals surface area contributed by atoms with Crippen molar-refractivity contribution in [2.75, 3.05) is 13.1 Å². The Hall–Kier alpha value is -1.94. The van der Waals surface area contributed by atoms with Gasteiger partial charge in [-0.25, -0.2) is 0 Å². The number of carbonyl (C=O) groups excluding carboxylic acids is 1. The minimum atomic E-state index is -1.11. The smallest absolute Gasteiger partial charge is 0.323 e. The van der Waals surface area contributed by atoms with Crippen LogP contribution in [0.1, 0.15) is 6.92 Å². The van der Waals surface area contributed by atoms with Gasteiger partial charge in [0.15, 0.2) is 0 Å². The van der Waals surface area contributed by atoms with Crippen molar-refractivity contribution >= 4 is 11.9 Å². The third-order valence-corrected chi connectivity index (χ3v) is 1.13. The first-order chi connectivity index (χ1) is 6.11. The number of hydrogen-bond donors (Lipinski definition) is 1. The molecule has 1 N–H and O–H groups in total. The summed E-state index contributed by atoms with van der Waals surface area (Å²) in [5.74, 6) is 5.10. The Morgan fingerprint density at radius 2 is 2.15 bits per heavy atom. The number of amides is 1. The zero-order chi connectivity index (χ0) is 10.3. The summed E-state index contributed by atoms with van der Waals surface area (Å²) in [6, 6.07) is 0. The van der Waals surface area contributed by atoms with Crippen LogP contribution in [0.3, 0.4) is 0 Å². The fraction of sp³-hybridized carbons (Fsp3) is 0.333. The summed E-state index contributed by atoms with van der Waals surface area (Å²) in [6.07, 6.45) is 4.95. The molecule has 0 rings (SSSR count). The minimum Gasteiger partial charge on any atom is -0.480 e. The van der Waals surface area contributed by atoms with Gasteiger partial charge in [-0.3, -0.25) is 9.59 Å². The monoisotopic (exact) mass is 179 g/mol. The Bertz CT molecular complexity index is 303. The molecule has 4 heteroatoms. The zero-order valence-electron chi connectivity index (χ0n) is 7.20. The average molecular weight is 179 g/mol. The zero-order valence-corrected chi connectivity index (χ0v) is 7.20. The number of aliphatic carboxylic acids is 1. The minimum absolute atomic E-state index is 0.0419. The molecule has 0 fully saturated rings. The van der Waals surface area contributed by atoms with E-state index in [1.54, 1.807) is 0 Å². The summed E-state index contributed by atoms with van der Waals surface area (Å²) in [5.41, 5.74) is 0. The van der Waals surface area contributed by atoms with E-state index in [1.165, 1.54) is 6.92 Å². The van der Waals surface area contributed by atoms with E-state index in [0.29, 0.717) is 0 Å². The highest BCUT2D eigenvalue weighted by molar-refractivity contribution is 5.95. The summed E-state index contributed by atoms with van der Waals surface area (Å²) in [4.78, 5) is 22.3. The van der Waals surface area contributed by atoms with Gasteiger partial charge in [0.1, 0.15) is 6.54 Å². The van der Waals surface area contributed by atoms with Crippen molar-refractivity contribution in [2.24, 2.45) is 0 Å². The topological polar surface area (TPSA) is 57.6 Å². The SMILES string of the molecule is C#CCN(CC(=O)O)C(=O)C#CC. The molecule has 0 aliphatic carbocycles. The van der Waals surface area contributed by atoms with Gasteiger partial charge in [-0.2, -0.15) is 0 Å². The summed E-state index contributed by atoms with van der Waals surface area (Å²) < 4.78 is 0. The fourth-order valence-corrected chi connectivity index (χ4v) is 0.659. The molecule has 0 atom stereocenters. The lowest BCUT2D eigenvalue weighted by atomic mass is 10.4. The van der Waals surface area contributed by atoms with Crippen molar-refractivity contribution in [2.45, 2.75) is 6.92 Å². The Morgan fingerprint density at radius 3 is 2.54 bits per heavy atom. The van der Waals surface area contributed by atoms with Crippen LogP contribution in [-0.4, -0.2) is 35.0 Å². The van der Waals surface area contributed by atoms with E-state index in [0.717, 1.165) is 4.90 Å². The predicted octanol–water partition coefficient (Wildman–Crippen LogP) is -0.444. The maximum Gasteiger partial charge on any atom is 0.323 e. The molecule has 0 aliphatic rings. The molecule has 0 unspecified atom stereocenters. The molecular formula is C9H9NO3. The molecular weight excluding hydrogens is 170 g/mol. The van der Waals surface area contributed by atoms with Gasteiger partial charge in [0, 0.05) is 0 Å². The molecule has 0 aromatic heterocycles. The van der Waals surface area contributed by atoms with Gasteiger partial charge in [0.2, 0.25) is 0 Å². The van der Waals surface area contributed by atoms with Crippen molar-refractivity contribution in [3.63, 3.8) is 0 Å². The molecule has 4 nitrogen and oxygen atoms in total. The van der Waals surface area contributed by atoms with Crippen LogP contribution in [0, 0.1) is 24.2 Å². The summed E-state index contributed by atoms with van der Waals surface area (Å²) in [6.45, 7) is 1.03. The quantitative estimate of drug-likeness (QED) is 0.597. The molecule has 0 aromatic rings. The number of carbonyl (C=O) groups is 2. The van der Waals surface area contributed by atoms with Gasteiger partial charge in [-0.1, -0.05) is 11.8 Å². The fourth-order valence-electron chi connectivity index (χ4n) is 0.659. The van der Waals surface area contributed by atoms with E-state index in [-0.39, 0.29) is 6.54 Å². The summed E-state index contributed by atoms with van der Waals surface area (Å²) >= 11 is 0. The molecule has 0 radical (unpaired) electrons. The molecule has 0 bridgehead atoms. The lowest BCUT2D eigenvalue weighted by Gasteiger charge is -2.13. The van der Waals surface area contributed by atoms with Crippen LogP contribution in [0.25, 0.3) is 0 Å². The van der Waals surface area contributed by atoms with E-state index in [2.05, 4.69) is 17.8 Å². The Morgan fingerprint density at radius 1 is 1.54 bits per heavy atom. The van der Waals surface area contributed by atoms with Crippen molar-refractivity contribution in [3.8, 4) is 24.2 Å². The first-order valence-electron chi connectivity index (χ1n) is 3.48. The normalized spacial score (nSPS) is 7.69. The Balaban J connectivity index is 4.39. The molecule has 13 heavy (non-hydrogen) atoms. The molecule has 0 heterocycles. The Kier molecular flexibility index (Phi) is 4.83. The van der Waals surface area contributed by atoms with Gasteiger partial charge in [0.25, 0.3) is 5.91 Å². The van der Waals surface area contributed by atoms with Crippen LogP contribution in [0.2, 0.25) is 0 Å². The summed E-state index contributed by atoms with van der Waals surface area (Å²) in [5, 5.41) is 8.42. The van der Waals surface area contributed by atoms with Crippen LogP contribution < -0.4 is 0 Å². The Labute approximate surface area is 76.5 Å². The maximum atomic E-state index is 11.1. The molecule has 1 amide bonds. The van der Waals surface area contributed by atoms with Gasteiger partial charge < -0.3 is 10.0 Å². The lowest BCUT2D eigenvalue weighted by molar-refractivity contribution is -0.142. The predicted molar refractivity (Wildman–Crippen MR) is 46.5 cm³/mol. The third-order valence-electron chi connectivity index (χ3n) is 1.13. The second-order valence-corrected chi connectivity index (χ2v) is 2.13. The summed E-state index contributed by atoms with van der Waals surface area (Å²) in [7, 11) is 0. The highest BCUT2D eigenvalue weighted by Crippen LogP contribution is 1.87. The van der Waals surface area contributed by atoms with Crippen LogP contribution in [0.4, 0.5) is 0 Å². The number of terminal acetylenes is 1. The average Bonchev–Trinajstić information content (AvgIpc) is 2.03. The highest BCUT2D eigenvalue weighted by atomic mass is 16.4. The van der Waals surface area contributed by atoms with E-state index in [1.807, 2.05) is 0 Å². The van der Waals surface area contributed by atoms with Gasteiger partial charge in [0.05, 0.1) is 6.54 Å². The first kappa shape index (κ1) is 11.1. The maximum absolute atomic E-state index is 11.1. The largest absolute Gasteiger partial charge is 0.480 e. The lowest BCUT2D eigenvalue weighted by Crippen LogP contribution is -2.35. The van der Waals surface area contributed by atoms with E-state index in [4.69, 9.17) is 11.5 Å². The van der Waals surface area contributed by atoms with Crippen LogP contribution in [-0.2, 0) is 9.59 Å². The number of hydrogen-bond acceptors (Lipinski definition) is 2. The van der Waals surface area contributed by atoms with Crippen LogP contribution >= 0.6 is 0 Å². The second kappa shape index (κ2) is 5.68. The van der Waals surface area contributed by atoms with E-state index >= 15 is 0 Å². The van der Waals surface area contributed by atoms with Crippen molar-refractivity contribution in [1.29, 1.82) is 0 Å². The first-order valence-corrected chi connectivity index (χ1v) is 3.48. The molecule has 68 valence electrons. The van der Waals surface area contributed by atoms with Crippen LogP contribution in [0.15, 0.2) is 0 Å². The highest BCUT2D eigenvalue weighted by Gasteiger charge is 2.12. The molecule has 0 aliphatic heterocycles. The van der Waals surface area contributed by atoms with Gasteiger partial charge in [-0.15, -0.1) is 6.42 Å². The van der Waals surface area contributed by atoms with Crippen molar-refractivity contribution in [3.05, 3.63) is 0 Å². The molecule has 0 spiro atoms. The second-order valence-electron chi connectivity index (χ2n) is 2.13. The van der Waals surface area contributed by atoms with Crippen molar-refractivity contribution < 1.29 is 14.7 Å². The van der Waals surface area contributed by atoms with E-state index < -0.39 is 18.4 Å². The molecule has 0 aromatic carbocycles.